The van der Waals surface area contributed by atoms with E-state index < -0.39 is 17.5 Å². The Labute approximate surface area is 120 Å². The zero-order valence-corrected chi connectivity index (χ0v) is 12.8. The normalized spacial score (nSPS) is 23.5. The fraction of sp³-hybridized carbons (Fsp3) is 0.857. The second kappa shape index (κ2) is 6.92. The maximum Gasteiger partial charge on any atom is 0.317 e. The SMILES string of the molecule is CCOC(C)(C)CNC(=O)N1CC(C)CC(C(=O)O)C1. The molecular formula is C14H26N2O4. The molecule has 1 aliphatic heterocycles. The van der Waals surface area contributed by atoms with E-state index in [9.17, 15) is 9.59 Å². The molecule has 0 aromatic heterocycles. The Balaban J connectivity index is 2.52. The predicted molar refractivity (Wildman–Crippen MR) is 75.6 cm³/mol. The summed E-state index contributed by atoms with van der Waals surface area (Å²) in [6.45, 7) is 9.58. The van der Waals surface area contributed by atoms with Crippen LogP contribution >= 0.6 is 0 Å². The molecule has 0 bridgehead atoms. The average Bonchev–Trinajstić information content (AvgIpc) is 2.35. The maximum atomic E-state index is 12.1. The first kappa shape index (κ1) is 16.8. The number of rotatable bonds is 5. The summed E-state index contributed by atoms with van der Waals surface area (Å²) in [5, 5.41) is 11.9. The summed E-state index contributed by atoms with van der Waals surface area (Å²) >= 11 is 0. The third-order valence-electron chi connectivity index (χ3n) is 3.50. The molecule has 0 aromatic carbocycles. The van der Waals surface area contributed by atoms with Crippen LogP contribution in [0.5, 0.6) is 0 Å². The Bertz CT molecular complexity index is 357. The summed E-state index contributed by atoms with van der Waals surface area (Å²) in [7, 11) is 0. The molecule has 2 N–H and O–H groups in total. The van der Waals surface area contributed by atoms with Crippen molar-refractivity contribution in [2.24, 2.45) is 11.8 Å². The van der Waals surface area contributed by atoms with E-state index in [1.54, 1.807) is 4.90 Å². The summed E-state index contributed by atoms with van der Waals surface area (Å²) < 4.78 is 5.52. The van der Waals surface area contributed by atoms with E-state index in [0.29, 0.717) is 26.1 Å². The quantitative estimate of drug-likeness (QED) is 0.804. The molecule has 116 valence electrons. The van der Waals surface area contributed by atoms with Crippen LogP contribution in [-0.4, -0.2) is 53.8 Å². The summed E-state index contributed by atoms with van der Waals surface area (Å²) in [5.74, 6) is -1.09. The van der Waals surface area contributed by atoms with Crippen LogP contribution in [0.1, 0.15) is 34.1 Å². The molecule has 0 aromatic rings. The van der Waals surface area contributed by atoms with Crippen LogP contribution in [0, 0.1) is 11.8 Å². The van der Waals surface area contributed by atoms with Crippen molar-refractivity contribution in [3.05, 3.63) is 0 Å². The predicted octanol–water partition coefficient (Wildman–Crippen LogP) is 1.55. The van der Waals surface area contributed by atoms with Crippen molar-refractivity contribution in [2.75, 3.05) is 26.2 Å². The monoisotopic (exact) mass is 286 g/mol. The van der Waals surface area contributed by atoms with Gasteiger partial charge in [0.25, 0.3) is 0 Å². The summed E-state index contributed by atoms with van der Waals surface area (Å²) in [6, 6.07) is -0.212. The van der Waals surface area contributed by atoms with Gasteiger partial charge in [0.1, 0.15) is 0 Å². The highest BCUT2D eigenvalue weighted by molar-refractivity contribution is 5.76. The number of amides is 2. The minimum absolute atomic E-state index is 0.204. The molecule has 1 heterocycles. The van der Waals surface area contributed by atoms with Crippen LogP contribution in [0.2, 0.25) is 0 Å². The van der Waals surface area contributed by atoms with Crippen molar-refractivity contribution in [2.45, 2.75) is 39.7 Å². The number of nitrogens with one attached hydrogen (secondary N) is 1. The van der Waals surface area contributed by atoms with Crippen LogP contribution in [0.3, 0.4) is 0 Å². The van der Waals surface area contributed by atoms with Crippen LogP contribution in [0.15, 0.2) is 0 Å². The lowest BCUT2D eigenvalue weighted by atomic mass is 9.91. The number of carbonyl (C=O) groups excluding carboxylic acids is 1. The van der Waals surface area contributed by atoms with Crippen LogP contribution in [0.4, 0.5) is 4.79 Å². The van der Waals surface area contributed by atoms with Crippen molar-refractivity contribution in [1.29, 1.82) is 0 Å². The van der Waals surface area contributed by atoms with Crippen molar-refractivity contribution < 1.29 is 19.4 Å². The molecule has 1 rings (SSSR count). The summed E-state index contributed by atoms with van der Waals surface area (Å²) in [6.07, 6.45) is 0.629. The van der Waals surface area contributed by atoms with E-state index in [1.165, 1.54) is 0 Å². The molecule has 2 atom stereocenters. The highest BCUT2D eigenvalue weighted by Crippen LogP contribution is 2.21. The number of hydrogen-bond acceptors (Lipinski definition) is 3. The number of piperidine rings is 1. The standard InChI is InChI=1S/C14H26N2O4/c1-5-20-14(3,4)9-15-13(19)16-7-10(2)6-11(8-16)12(17)18/h10-11H,5-9H2,1-4H3,(H,15,19)(H,17,18). The molecule has 0 spiro atoms. The molecule has 1 fully saturated rings. The summed E-state index contributed by atoms with van der Waals surface area (Å²) in [4.78, 5) is 24.8. The van der Waals surface area contributed by atoms with E-state index >= 15 is 0 Å². The third-order valence-corrected chi connectivity index (χ3v) is 3.50. The number of hydrogen-bond donors (Lipinski definition) is 2. The first-order valence-electron chi connectivity index (χ1n) is 7.14. The van der Waals surface area contributed by atoms with Crippen molar-refractivity contribution in [3.8, 4) is 0 Å². The van der Waals surface area contributed by atoms with Gasteiger partial charge in [0.05, 0.1) is 11.5 Å². The fourth-order valence-electron chi connectivity index (χ4n) is 2.54. The third kappa shape index (κ3) is 5.00. The molecule has 6 nitrogen and oxygen atoms in total. The number of likely N-dealkylation sites (tertiary alicyclic amines) is 1. The highest BCUT2D eigenvalue weighted by Gasteiger charge is 2.32. The van der Waals surface area contributed by atoms with Crippen molar-refractivity contribution >= 4 is 12.0 Å². The topological polar surface area (TPSA) is 78.9 Å². The zero-order chi connectivity index (χ0) is 15.3. The largest absolute Gasteiger partial charge is 0.481 e. The van der Waals surface area contributed by atoms with Gasteiger partial charge in [0, 0.05) is 26.2 Å². The van der Waals surface area contributed by atoms with Crippen LogP contribution in [0.25, 0.3) is 0 Å². The van der Waals surface area contributed by atoms with Crippen LogP contribution < -0.4 is 5.32 Å². The smallest absolute Gasteiger partial charge is 0.317 e. The number of aliphatic carboxylic acids is 1. The minimum Gasteiger partial charge on any atom is -0.481 e. The second-order valence-corrected chi connectivity index (χ2v) is 6.13. The van der Waals surface area contributed by atoms with Gasteiger partial charge >= 0.3 is 12.0 Å². The fourth-order valence-corrected chi connectivity index (χ4v) is 2.54. The van der Waals surface area contributed by atoms with E-state index in [-0.39, 0.29) is 18.5 Å². The maximum absolute atomic E-state index is 12.1. The molecule has 0 aliphatic carbocycles. The van der Waals surface area contributed by atoms with Gasteiger partial charge < -0.3 is 20.1 Å². The Morgan fingerprint density at radius 1 is 1.40 bits per heavy atom. The van der Waals surface area contributed by atoms with Gasteiger partial charge in [-0.1, -0.05) is 6.92 Å². The molecule has 20 heavy (non-hydrogen) atoms. The van der Waals surface area contributed by atoms with Gasteiger partial charge in [-0.15, -0.1) is 0 Å². The Kier molecular flexibility index (Phi) is 5.80. The van der Waals surface area contributed by atoms with Gasteiger partial charge in [-0.05, 0) is 33.1 Å². The molecule has 1 aliphatic rings. The van der Waals surface area contributed by atoms with Gasteiger partial charge in [-0.3, -0.25) is 4.79 Å². The number of carbonyl (C=O) groups is 2. The Morgan fingerprint density at radius 3 is 2.60 bits per heavy atom. The van der Waals surface area contributed by atoms with Gasteiger partial charge in [-0.2, -0.15) is 0 Å². The van der Waals surface area contributed by atoms with E-state index in [0.717, 1.165) is 0 Å². The molecule has 1 saturated heterocycles. The van der Waals surface area contributed by atoms with E-state index in [1.807, 2.05) is 27.7 Å². The summed E-state index contributed by atoms with van der Waals surface area (Å²) in [5.41, 5.74) is -0.419. The van der Waals surface area contributed by atoms with Crippen LogP contribution in [-0.2, 0) is 9.53 Å². The van der Waals surface area contributed by atoms with Gasteiger partial charge in [0.2, 0.25) is 0 Å². The molecule has 2 amide bonds. The second-order valence-electron chi connectivity index (χ2n) is 6.13. The lowest BCUT2D eigenvalue weighted by molar-refractivity contribution is -0.143. The molecule has 6 heteroatoms. The number of nitrogens with zero attached hydrogens (tertiary/aromatic N) is 1. The van der Waals surface area contributed by atoms with Gasteiger partial charge in [-0.25, -0.2) is 4.79 Å². The molecule has 0 saturated carbocycles. The number of urea groups is 1. The first-order chi connectivity index (χ1) is 9.25. The zero-order valence-electron chi connectivity index (χ0n) is 12.8. The first-order valence-corrected chi connectivity index (χ1v) is 7.14. The van der Waals surface area contributed by atoms with E-state index in [2.05, 4.69) is 5.32 Å². The number of carboxylic acid groups (broad SMARTS) is 1. The lowest BCUT2D eigenvalue weighted by Crippen LogP contribution is -2.52. The Hall–Kier alpha value is -1.30. The molecular weight excluding hydrogens is 260 g/mol. The van der Waals surface area contributed by atoms with Crippen molar-refractivity contribution in [3.63, 3.8) is 0 Å². The van der Waals surface area contributed by atoms with E-state index in [4.69, 9.17) is 9.84 Å². The molecule has 0 radical (unpaired) electrons. The van der Waals surface area contributed by atoms with Crippen molar-refractivity contribution in [1.82, 2.24) is 10.2 Å². The van der Waals surface area contributed by atoms with Gasteiger partial charge in [0.15, 0.2) is 0 Å². The number of carboxylic acids is 1. The average molecular weight is 286 g/mol. The number of ether oxygens (including phenoxy) is 1. The minimum atomic E-state index is -0.830. The molecule has 2 unspecified atom stereocenters. The lowest BCUT2D eigenvalue weighted by Gasteiger charge is -2.35. The highest BCUT2D eigenvalue weighted by atomic mass is 16.5. The Morgan fingerprint density at radius 2 is 2.05 bits per heavy atom.